The monoisotopic (exact) mass is 392 g/mol. The largest absolute Gasteiger partial charge is 0.462 e. The van der Waals surface area contributed by atoms with E-state index in [0.717, 1.165) is 42.3 Å². The topological polar surface area (TPSA) is 116 Å². The molecule has 0 aromatic carbocycles. The molecule has 9 nitrogen and oxygen atoms in total. The third kappa shape index (κ3) is 3.85. The molecule has 1 aliphatic carbocycles. The predicted molar refractivity (Wildman–Crippen MR) is 99.2 cm³/mol. The second-order valence-electron chi connectivity index (χ2n) is 6.21. The van der Waals surface area contributed by atoms with Crippen molar-refractivity contribution in [2.45, 2.75) is 46.1 Å². The molecule has 144 valence electrons. The van der Waals surface area contributed by atoms with Crippen LogP contribution in [-0.4, -0.2) is 33.2 Å². The van der Waals surface area contributed by atoms with Gasteiger partial charge in [-0.05, 0) is 45.1 Å². The minimum Gasteiger partial charge on any atom is -0.462 e. The zero-order chi connectivity index (χ0) is 19.6. The molecule has 2 aromatic rings. The van der Waals surface area contributed by atoms with E-state index >= 15 is 0 Å². The molecule has 0 spiro atoms. The van der Waals surface area contributed by atoms with Crippen LogP contribution in [0.2, 0.25) is 0 Å². The van der Waals surface area contributed by atoms with Crippen molar-refractivity contribution in [3.8, 4) is 0 Å². The fourth-order valence-electron chi connectivity index (χ4n) is 3.15. The number of hydrogen-bond acceptors (Lipinski definition) is 7. The van der Waals surface area contributed by atoms with Crippen molar-refractivity contribution >= 4 is 33.9 Å². The first kappa shape index (κ1) is 19.0. The number of esters is 1. The van der Waals surface area contributed by atoms with Gasteiger partial charge in [-0.3, -0.25) is 19.6 Å². The molecule has 1 aliphatic rings. The number of hydrogen-bond donors (Lipinski definition) is 1. The molecule has 2 aromatic heterocycles. The number of anilines is 1. The normalized spacial score (nSPS) is 13.1. The van der Waals surface area contributed by atoms with Gasteiger partial charge >= 0.3 is 11.7 Å². The lowest BCUT2D eigenvalue weighted by Crippen LogP contribution is -2.21. The Labute approximate surface area is 159 Å². The molecule has 1 N–H and O–H groups in total. The molecular formula is C17H20N4O5S. The van der Waals surface area contributed by atoms with E-state index in [0.29, 0.717) is 16.3 Å². The molecule has 0 bridgehead atoms. The zero-order valence-corrected chi connectivity index (χ0v) is 15.9. The lowest BCUT2D eigenvalue weighted by atomic mass is 9.95. The fourth-order valence-corrected chi connectivity index (χ4v) is 4.44. The molecule has 0 atom stereocenters. The average Bonchev–Trinajstić information content (AvgIpc) is 3.15. The van der Waals surface area contributed by atoms with Crippen LogP contribution < -0.4 is 5.32 Å². The Hall–Kier alpha value is -2.75. The quantitative estimate of drug-likeness (QED) is 0.459. The van der Waals surface area contributed by atoms with Crippen molar-refractivity contribution in [1.82, 2.24) is 9.78 Å². The van der Waals surface area contributed by atoms with Gasteiger partial charge in [0.25, 0.3) is 0 Å². The van der Waals surface area contributed by atoms with Crippen LogP contribution in [-0.2, 0) is 28.9 Å². The summed E-state index contributed by atoms with van der Waals surface area (Å²) in [6.07, 6.45) is 4.85. The predicted octanol–water partition coefficient (Wildman–Crippen LogP) is 2.86. The first-order valence-corrected chi connectivity index (χ1v) is 9.52. The Balaban J connectivity index is 1.82. The Morgan fingerprint density at radius 2 is 2.15 bits per heavy atom. The molecule has 27 heavy (non-hydrogen) atoms. The van der Waals surface area contributed by atoms with Gasteiger partial charge in [0.15, 0.2) is 0 Å². The minimum atomic E-state index is -0.539. The number of carbonyl (C=O) groups is 2. The SMILES string of the molecule is CCOC(=O)c1c(NC(=O)Cn2ncc([N+](=O)[O-])c2C)sc2c1CCCC2. The molecule has 0 unspecified atom stereocenters. The Kier molecular flexibility index (Phi) is 5.54. The number of thiophene rings is 1. The molecule has 2 heterocycles. The number of aryl methyl sites for hydroxylation is 1. The summed E-state index contributed by atoms with van der Waals surface area (Å²) in [5.41, 5.74) is 1.56. The Morgan fingerprint density at radius 1 is 1.41 bits per heavy atom. The summed E-state index contributed by atoms with van der Waals surface area (Å²) >= 11 is 1.40. The maximum absolute atomic E-state index is 12.5. The van der Waals surface area contributed by atoms with Gasteiger partial charge in [-0.1, -0.05) is 0 Å². The third-order valence-corrected chi connectivity index (χ3v) is 5.68. The summed E-state index contributed by atoms with van der Waals surface area (Å²) in [5.74, 6) is -0.835. The molecular weight excluding hydrogens is 372 g/mol. The summed E-state index contributed by atoms with van der Waals surface area (Å²) < 4.78 is 6.43. The number of rotatable bonds is 6. The first-order valence-electron chi connectivity index (χ1n) is 8.70. The van der Waals surface area contributed by atoms with Crippen molar-refractivity contribution in [3.05, 3.63) is 38.0 Å². The van der Waals surface area contributed by atoms with Crippen molar-refractivity contribution < 1.29 is 19.2 Å². The van der Waals surface area contributed by atoms with Crippen LogP contribution in [0.4, 0.5) is 10.7 Å². The molecule has 0 fully saturated rings. The number of carbonyl (C=O) groups excluding carboxylic acids is 2. The van der Waals surface area contributed by atoms with Gasteiger partial charge in [0.05, 0.1) is 17.1 Å². The van der Waals surface area contributed by atoms with E-state index in [4.69, 9.17) is 4.74 Å². The molecule has 0 saturated carbocycles. The maximum atomic E-state index is 12.5. The van der Waals surface area contributed by atoms with Gasteiger partial charge in [-0.15, -0.1) is 11.3 Å². The summed E-state index contributed by atoms with van der Waals surface area (Å²) in [6, 6.07) is 0. The van der Waals surface area contributed by atoms with Crippen molar-refractivity contribution in [1.29, 1.82) is 0 Å². The number of nitrogens with zero attached hydrogens (tertiary/aromatic N) is 3. The van der Waals surface area contributed by atoms with Crippen LogP contribution in [0.25, 0.3) is 0 Å². The van der Waals surface area contributed by atoms with Gasteiger partial charge in [0.1, 0.15) is 23.4 Å². The van der Waals surface area contributed by atoms with Gasteiger partial charge in [0, 0.05) is 4.88 Å². The van der Waals surface area contributed by atoms with E-state index in [2.05, 4.69) is 10.4 Å². The van der Waals surface area contributed by atoms with E-state index in [-0.39, 0.29) is 18.8 Å². The molecule has 0 saturated heterocycles. The minimum absolute atomic E-state index is 0.137. The van der Waals surface area contributed by atoms with E-state index in [1.165, 1.54) is 22.9 Å². The van der Waals surface area contributed by atoms with E-state index in [1.807, 2.05) is 0 Å². The highest BCUT2D eigenvalue weighted by Crippen LogP contribution is 2.38. The van der Waals surface area contributed by atoms with Crippen LogP contribution in [0.1, 0.15) is 46.3 Å². The lowest BCUT2D eigenvalue weighted by Gasteiger charge is -2.12. The molecule has 0 aliphatic heterocycles. The smallest absolute Gasteiger partial charge is 0.341 e. The number of ether oxygens (including phenoxy) is 1. The highest BCUT2D eigenvalue weighted by Gasteiger charge is 2.27. The van der Waals surface area contributed by atoms with E-state index < -0.39 is 16.8 Å². The zero-order valence-electron chi connectivity index (χ0n) is 15.1. The highest BCUT2D eigenvalue weighted by atomic mass is 32.1. The number of fused-ring (bicyclic) bond motifs is 1. The number of nitrogens with one attached hydrogen (secondary N) is 1. The van der Waals surface area contributed by atoms with E-state index in [1.54, 1.807) is 6.92 Å². The van der Waals surface area contributed by atoms with Crippen molar-refractivity contribution in [2.24, 2.45) is 0 Å². The number of nitro groups is 1. The molecule has 3 rings (SSSR count). The Morgan fingerprint density at radius 3 is 2.81 bits per heavy atom. The van der Waals surface area contributed by atoms with Crippen LogP contribution in [0.3, 0.4) is 0 Å². The third-order valence-electron chi connectivity index (χ3n) is 4.47. The lowest BCUT2D eigenvalue weighted by molar-refractivity contribution is -0.385. The molecule has 0 radical (unpaired) electrons. The fraction of sp³-hybridized carbons (Fsp3) is 0.471. The van der Waals surface area contributed by atoms with Crippen LogP contribution >= 0.6 is 11.3 Å². The van der Waals surface area contributed by atoms with Crippen LogP contribution in [0, 0.1) is 17.0 Å². The second-order valence-corrected chi connectivity index (χ2v) is 7.32. The summed E-state index contributed by atoms with van der Waals surface area (Å²) in [5, 5.41) is 18.0. The first-order chi connectivity index (χ1) is 12.9. The van der Waals surface area contributed by atoms with Gasteiger partial charge in [0.2, 0.25) is 5.91 Å². The number of aromatic nitrogens is 2. The van der Waals surface area contributed by atoms with Gasteiger partial charge < -0.3 is 10.1 Å². The number of amides is 1. The highest BCUT2D eigenvalue weighted by molar-refractivity contribution is 7.17. The Bertz CT molecular complexity index is 902. The summed E-state index contributed by atoms with van der Waals surface area (Å²) in [6.45, 7) is 3.35. The summed E-state index contributed by atoms with van der Waals surface area (Å²) in [7, 11) is 0. The van der Waals surface area contributed by atoms with E-state index in [9.17, 15) is 19.7 Å². The summed E-state index contributed by atoms with van der Waals surface area (Å²) in [4.78, 5) is 36.4. The molecule has 1 amide bonds. The van der Waals surface area contributed by atoms with Crippen molar-refractivity contribution in [2.75, 3.05) is 11.9 Å². The second kappa shape index (κ2) is 7.87. The molecule has 10 heteroatoms. The average molecular weight is 392 g/mol. The van der Waals surface area contributed by atoms with Crippen LogP contribution in [0.5, 0.6) is 0 Å². The maximum Gasteiger partial charge on any atom is 0.341 e. The van der Waals surface area contributed by atoms with Crippen molar-refractivity contribution in [3.63, 3.8) is 0 Å². The van der Waals surface area contributed by atoms with Gasteiger partial charge in [-0.2, -0.15) is 5.10 Å². The van der Waals surface area contributed by atoms with Gasteiger partial charge in [-0.25, -0.2) is 4.79 Å². The standard InChI is InChI=1S/C17H20N4O5S/c1-3-26-17(23)15-11-6-4-5-7-13(11)27-16(15)19-14(22)9-20-10(2)12(8-18-20)21(24)25/h8H,3-7,9H2,1-2H3,(H,19,22). The van der Waals surface area contributed by atoms with Crippen LogP contribution in [0.15, 0.2) is 6.20 Å².